The molecule has 1 aromatic rings. The number of carboxylic acids is 1. The van der Waals surface area contributed by atoms with Gasteiger partial charge in [0, 0.05) is 6.54 Å². The second kappa shape index (κ2) is 7.53. The average Bonchev–Trinajstić information content (AvgIpc) is 2.88. The quantitative estimate of drug-likeness (QED) is 0.721. The number of esters is 1. The van der Waals surface area contributed by atoms with Gasteiger partial charge in [0.05, 0.1) is 6.61 Å². The molecular formula is C12H17NO6S2. The zero-order valence-electron chi connectivity index (χ0n) is 11.7. The van der Waals surface area contributed by atoms with Crippen LogP contribution in [0, 0.1) is 0 Å². The average molecular weight is 335 g/mol. The van der Waals surface area contributed by atoms with Gasteiger partial charge in [-0.05, 0) is 24.8 Å². The Morgan fingerprint density at radius 2 is 2.05 bits per heavy atom. The number of thiophene rings is 1. The van der Waals surface area contributed by atoms with Crippen molar-refractivity contribution in [1.82, 2.24) is 4.31 Å². The number of hydrogen-bond acceptors (Lipinski definition) is 6. The third-order valence-electron chi connectivity index (χ3n) is 2.52. The van der Waals surface area contributed by atoms with Gasteiger partial charge in [-0.25, -0.2) is 13.2 Å². The van der Waals surface area contributed by atoms with Crippen LogP contribution in [0.2, 0.25) is 0 Å². The van der Waals surface area contributed by atoms with Gasteiger partial charge >= 0.3 is 11.9 Å². The molecular weight excluding hydrogens is 318 g/mol. The lowest BCUT2D eigenvalue weighted by atomic mass is 10.5. The number of ether oxygens (including phenoxy) is 1. The molecule has 9 heteroatoms. The third-order valence-corrected chi connectivity index (χ3v) is 5.44. The van der Waals surface area contributed by atoms with E-state index in [1.165, 1.54) is 11.4 Å². The Balaban J connectivity index is 3.12. The summed E-state index contributed by atoms with van der Waals surface area (Å²) in [6.45, 7) is 3.21. The Hall–Kier alpha value is -1.45. The van der Waals surface area contributed by atoms with Crippen molar-refractivity contribution in [3.63, 3.8) is 0 Å². The molecule has 118 valence electrons. The van der Waals surface area contributed by atoms with Crippen molar-refractivity contribution in [3.8, 4) is 0 Å². The summed E-state index contributed by atoms with van der Waals surface area (Å²) in [7, 11) is -4.05. The first-order chi connectivity index (χ1) is 9.84. The fourth-order valence-electron chi connectivity index (χ4n) is 1.68. The highest BCUT2D eigenvalue weighted by Crippen LogP contribution is 2.25. The smallest absolute Gasteiger partial charge is 0.347 e. The summed E-state index contributed by atoms with van der Waals surface area (Å²) in [5.74, 6) is -1.97. The molecule has 0 unspecified atom stereocenters. The van der Waals surface area contributed by atoms with Gasteiger partial charge < -0.3 is 9.84 Å². The van der Waals surface area contributed by atoms with Gasteiger partial charge in [-0.15, -0.1) is 11.3 Å². The molecule has 1 N–H and O–H groups in total. The van der Waals surface area contributed by atoms with E-state index in [4.69, 9.17) is 9.84 Å². The Labute approximate surface area is 127 Å². The van der Waals surface area contributed by atoms with Crippen LogP contribution < -0.4 is 0 Å². The first-order valence-corrected chi connectivity index (χ1v) is 8.63. The van der Waals surface area contributed by atoms with Crippen LogP contribution >= 0.6 is 11.3 Å². The van der Waals surface area contributed by atoms with E-state index in [2.05, 4.69) is 0 Å². The number of carboxylic acid groups (broad SMARTS) is 1. The molecule has 0 saturated heterocycles. The molecule has 0 bridgehead atoms. The molecule has 0 radical (unpaired) electrons. The molecule has 0 spiro atoms. The largest absolute Gasteiger partial charge is 0.477 e. The first kappa shape index (κ1) is 17.6. The van der Waals surface area contributed by atoms with Gasteiger partial charge in [0.2, 0.25) is 10.0 Å². The Kier molecular flexibility index (Phi) is 6.31. The van der Waals surface area contributed by atoms with Crippen LogP contribution in [0.25, 0.3) is 0 Å². The van der Waals surface area contributed by atoms with Gasteiger partial charge in [-0.3, -0.25) is 4.79 Å². The fourth-order valence-corrected chi connectivity index (χ4v) is 4.39. The van der Waals surface area contributed by atoms with E-state index in [-0.39, 0.29) is 22.9 Å². The SMILES string of the molecule is CCCN(CC(=O)OCC)S(=O)(=O)c1ccsc1C(=O)O. The molecule has 0 amide bonds. The lowest BCUT2D eigenvalue weighted by Gasteiger charge is -2.20. The lowest BCUT2D eigenvalue weighted by Crippen LogP contribution is -2.37. The molecule has 0 fully saturated rings. The van der Waals surface area contributed by atoms with E-state index >= 15 is 0 Å². The second-order valence-corrected chi connectivity index (χ2v) is 6.89. The monoisotopic (exact) mass is 335 g/mol. The van der Waals surface area contributed by atoms with E-state index in [9.17, 15) is 18.0 Å². The zero-order chi connectivity index (χ0) is 16.0. The van der Waals surface area contributed by atoms with E-state index in [0.29, 0.717) is 6.42 Å². The van der Waals surface area contributed by atoms with E-state index < -0.39 is 28.5 Å². The second-order valence-electron chi connectivity index (χ2n) is 4.06. The Morgan fingerprint density at radius 1 is 1.38 bits per heavy atom. The zero-order valence-corrected chi connectivity index (χ0v) is 13.4. The van der Waals surface area contributed by atoms with E-state index in [1.54, 1.807) is 13.8 Å². The Morgan fingerprint density at radius 3 is 2.57 bits per heavy atom. The van der Waals surface area contributed by atoms with Crippen LogP contribution in [0.3, 0.4) is 0 Å². The van der Waals surface area contributed by atoms with Crippen molar-refractivity contribution in [2.75, 3.05) is 19.7 Å². The minimum atomic E-state index is -4.05. The number of carbonyl (C=O) groups excluding carboxylic acids is 1. The molecule has 0 saturated carbocycles. The van der Waals surface area contributed by atoms with E-state index in [1.807, 2.05) is 0 Å². The molecule has 1 heterocycles. The van der Waals surface area contributed by atoms with Gasteiger partial charge in [0.25, 0.3) is 0 Å². The highest BCUT2D eigenvalue weighted by Gasteiger charge is 2.31. The molecule has 0 aliphatic carbocycles. The van der Waals surface area contributed by atoms with Crippen LogP contribution in [-0.4, -0.2) is 49.5 Å². The summed E-state index contributed by atoms with van der Waals surface area (Å²) in [4.78, 5) is 22.0. The van der Waals surface area contributed by atoms with Crippen molar-refractivity contribution in [2.24, 2.45) is 0 Å². The van der Waals surface area contributed by atoms with Gasteiger partial charge in [0.1, 0.15) is 16.3 Å². The van der Waals surface area contributed by atoms with Crippen LogP contribution in [-0.2, 0) is 19.6 Å². The number of sulfonamides is 1. The predicted molar refractivity (Wildman–Crippen MR) is 77.0 cm³/mol. The maximum Gasteiger partial charge on any atom is 0.347 e. The molecule has 1 aromatic heterocycles. The van der Waals surface area contributed by atoms with Crippen molar-refractivity contribution in [2.45, 2.75) is 25.2 Å². The number of aromatic carboxylic acids is 1. The van der Waals surface area contributed by atoms with Crippen molar-refractivity contribution in [1.29, 1.82) is 0 Å². The van der Waals surface area contributed by atoms with Crippen LogP contribution in [0.5, 0.6) is 0 Å². The standard InChI is InChI=1S/C12H17NO6S2/c1-3-6-13(8-10(14)19-4-2)21(17,18)9-5-7-20-11(9)12(15)16/h5,7H,3-4,6,8H2,1-2H3,(H,15,16). The molecule has 7 nitrogen and oxygen atoms in total. The molecule has 0 atom stereocenters. The summed E-state index contributed by atoms with van der Waals surface area (Å²) in [5.41, 5.74) is 0. The van der Waals surface area contributed by atoms with Gasteiger partial charge in [0.15, 0.2) is 0 Å². The molecule has 0 aliphatic heterocycles. The van der Waals surface area contributed by atoms with Crippen molar-refractivity contribution in [3.05, 3.63) is 16.3 Å². The predicted octanol–water partition coefficient (Wildman–Crippen LogP) is 1.41. The highest BCUT2D eigenvalue weighted by molar-refractivity contribution is 7.89. The summed E-state index contributed by atoms with van der Waals surface area (Å²) in [6.07, 6.45) is 0.491. The first-order valence-electron chi connectivity index (χ1n) is 6.31. The minimum absolute atomic E-state index is 0.107. The molecule has 21 heavy (non-hydrogen) atoms. The molecule has 0 aliphatic rings. The van der Waals surface area contributed by atoms with Gasteiger partial charge in [-0.2, -0.15) is 4.31 Å². The number of carbonyl (C=O) groups is 2. The molecule has 0 aromatic carbocycles. The number of nitrogens with zero attached hydrogens (tertiary/aromatic N) is 1. The number of rotatable bonds is 8. The maximum absolute atomic E-state index is 12.5. The van der Waals surface area contributed by atoms with Crippen molar-refractivity contribution >= 4 is 33.3 Å². The topological polar surface area (TPSA) is 101 Å². The fraction of sp³-hybridized carbons (Fsp3) is 0.500. The summed E-state index contributed by atoms with van der Waals surface area (Å²) in [5, 5.41) is 10.4. The van der Waals surface area contributed by atoms with Crippen LogP contribution in [0.4, 0.5) is 0 Å². The lowest BCUT2D eigenvalue weighted by molar-refractivity contribution is -0.143. The third kappa shape index (κ3) is 4.26. The minimum Gasteiger partial charge on any atom is -0.477 e. The molecule has 1 rings (SSSR count). The van der Waals surface area contributed by atoms with Crippen LogP contribution in [0.1, 0.15) is 29.9 Å². The maximum atomic E-state index is 12.5. The normalized spacial score (nSPS) is 11.6. The van der Waals surface area contributed by atoms with Gasteiger partial charge in [-0.1, -0.05) is 6.92 Å². The van der Waals surface area contributed by atoms with Crippen molar-refractivity contribution < 1.29 is 27.9 Å². The number of hydrogen-bond donors (Lipinski definition) is 1. The summed E-state index contributed by atoms with van der Waals surface area (Å²) >= 11 is 0.828. The van der Waals surface area contributed by atoms with Crippen LogP contribution in [0.15, 0.2) is 16.3 Å². The summed E-state index contributed by atoms with van der Waals surface area (Å²) < 4.78 is 30.7. The van der Waals surface area contributed by atoms with E-state index in [0.717, 1.165) is 15.6 Å². The highest BCUT2D eigenvalue weighted by atomic mass is 32.2. The Bertz CT molecular complexity index is 607. The summed E-state index contributed by atoms with van der Waals surface area (Å²) in [6, 6.07) is 1.23.